The lowest BCUT2D eigenvalue weighted by Gasteiger charge is -2.15. The minimum Gasteiger partial charge on any atom is -0.493 e. The fourth-order valence-corrected chi connectivity index (χ4v) is 1.93. The first-order chi connectivity index (χ1) is 8.87. The van der Waals surface area contributed by atoms with Crippen molar-refractivity contribution in [2.45, 2.75) is 13.0 Å². The summed E-state index contributed by atoms with van der Waals surface area (Å²) >= 11 is 0. The van der Waals surface area contributed by atoms with Crippen LogP contribution in [0.5, 0.6) is 11.5 Å². The Labute approximate surface area is 114 Å². The van der Waals surface area contributed by atoms with Gasteiger partial charge in [0.2, 0.25) is 0 Å². The van der Waals surface area contributed by atoms with Crippen molar-refractivity contribution < 1.29 is 17.9 Å². The Morgan fingerprint density at radius 2 is 2.00 bits per heavy atom. The highest BCUT2D eigenvalue weighted by molar-refractivity contribution is 7.90. The van der Waals surface area contributed by atoms with Crippen LogP contribution in [-0.4, -0.2) is 41.2 Å². The standard InChI is InChI=1S/C13H21NO4S/c1-10(14-2)11-5-6-12(13(9-11)17-3)18-7-8-19(4,15)16/h5-6,9-10,14H,7-8H2,1-4H3. The lowest BCUT2D eigenvalue weighted by Crippen LogP contribution is -2.14. The third kappa shape index (κ3) is 5.08. The molecule has 108 valence electrons. The Kier molecular flexibility index (Phi) is 5.62. The summed E-state index contributed by atoms with van der Waals surface area (Å²) in [6.45, 7) is 2.16. The van der Waals surface area contributed by atoms with Gasteiger partial charge in [0.15, 0.2) is 21.3 Å². The molecule has 6 heteroatoms. The Morgan fingerprint density at radius 3 is 2.53 bits per heavy atom. The quantitative estimate of drug-likeness (QED) is 0.821. The van der Waals surface area contributed by atoms with Crippen LogP contribution in [0.3, 0.4) is 0 Å². The van der Waals surface area contributed by atoms with E-state index < -0.39 is 9.84 Å². The number of benzene rings is 1. The van der Waals surface area contributed by atoms with Gasteiger partial charge in [-0.2, -0.15) is 0 Å². The summed E-state index contributed by atoms with van der Waals surface area (Å²) in [6, 6.07) is 5.82. The van der Waals surface area contributed by atoms with Crippen LogP contribution >= 0.6 is 0 Å². The van der Waals surface area contributed by atoms with Gasteiger partial charge in [-0.15, -0.1) is 0 Å². The number of ether oxygens (including phenoxy) is 2. The first kappa shape index (κ1) is 15.8. The molecule has 0 radical (unpaired) electrons. The van der Waals surface area contributed by atoms with Crippen molar-refractivity contribution in [3.8, 4) is 11.5 Å². The molecule has 1 rings (SSSR count). The molecule has 1 aromatic carbocycles. The highest BCUT2D eigenvalue weighted by atomic mass is 32.2. The molecule has 0 aromatic heterocycles. The topological polar surface area (TPSA) is 64.6 Å². The van der Waals surface area contributed by atoms with E-state index in [9.17, 15) is 8.42 Å². The van der Waals surface area contributed by atoms with E-state index in [1.54, 1.807) is 13.2 Å². The van der Waals surface area contributed by atoms with E-state index in [2.05, 4.69) is 5.32 Å². The smallest absolute Gasteiger partial charge is 0.161 e. The maximum Gasteiger partial charge on any atom is 0.161 e. The molecule has 0 spiro atoms. The van der Waals surface area contributed by atoms with Crippen molar-refractivity contribution in [3.05, 3.63) is 23.8 Å². The third-order valence-electron chi connectivity index (χ3n) is 2.83. The molecule has 19 heavy (non-hydrogen) atoms. The van der Waals surface area contributed by atoms with Crippen LogP contribution in [0.25, 0.3) is 0 Å². The molecule has 0 aliphatic rings. The Balaban J connectivity index is 2.79. The highest BCUT2D eigenvalue weighted by Gasteiger charge is 2.10. The maximum atomic E-state index is 11.0. The molecule has 1 N–H and O–H groups in total. The molecule has 0 saturated heterocycles. The zero-order valence-corrected chi connectivity index (χ0v) is 12.6. The molecular formula is C13H21NO4S. The summed E-state index contributed by atoms with van der Waals surface area (Å²) in [5, 5.41) is 3.14. The van der Waals surface area contributed by atoms with E-state index in [0.717, 1.165) is 5.56 Å². The maximum absolute atomic E-state index is 11.0. The van der Waals surface area contributed by atoms with E-state index in [4.69, 9.17) is 9.47 Å². The first-order valence-electron chi connectivity index (χ1n) is 6.03. The van der Waals surface area contributed by atoms with Crippen molar-refractivity contribution in [2.24, 2.45) is 0 Å². The number of hydrogen-bond donors (Lipinski definition) is 1. The zero-order chi connectivity index (χ0) is 14.5. The number of sulfone groups is 1. The second-order valence-electron chi connectivity index (χ2n) is 4.40. The van der Waals surface area contributed by atoms with Crippen LogP contribution in [0.15, 0.2) is 18.2 Å². The third-order valence-corrected chi connectivity index (χ3v) is 3.74. The SMILES string of the molecule is CNC(C)c1ccc(OCCS(C)(=O)=O)c(OC)c1. The molecule has 0 bridgehead atoms. The molecule has 1 atom stereocenters. The fraction of sp³-hybridized carbons (Fsp3) is 0.538. The molecule has 0 heterocycles. The number of methoxy groups -OCH3 is 1. The summed E-state index contributed by atoms with van der Waals surface area (Å²) < 4.78 is 32.8. The second-order valence-corrected chi connectivity index (χ2v) is 6.66. The molecule has 0 aliphatic carbocycles. The van der Waals surface area contributed by atoms with Crippen LogP contribution < -0.4 is 14.8 Å². The van der Waals surface area contributed by atoms with Gasteiger partial charge in [0.05, 0.1) is 12.9 Å². The molecule has 0 fully saturated rings. The summed E-state index contributed by atoms with van der Waals surface area (Å²) in [5.74, 6) is 1.15. The predicted octanol–water partition coefficient (Wildman–Crippen LogP) is 1.40. The average Bonchev–Trinajstić information content (AvgIpc) is 2.36. The lowest BCUT2D eigenvalue weighted by atomic mass is 10.1. The Bertz CT molecular complexity index is 513. The van der Waals surface area contributed by atoms with Crippen LogP contribution in [0.4, 0.5) is 0 Å². The van der Waals surface area contributed by atoms with Crippen molar-refractivity contribution in [1.29, 1.82) is 0 Å². The van der Waals surface area contributed by atoms with E-state index in [0.29, 0.717) is 11.5 Å². The van der Waals surface area contributed by atoms with Crippen molar-refractivity contribution in [2.75, 3.05) is 32.8 Å². The first-order valence-corrected chi connectivity index (χ1v) is 8.09. The molecule has 0 saturated carbocycles. The van der Waals surface area contributed by atoms with E-state index in [-0.39, 0.29) is 18.4 Å². The van der Waals surface area contributed by atoms with Gasteiger partial charge in [0.1, 0.15) is 6.61 Å². The van der Waals surface area contributed by atoms with Gasteiger partial charge in [-0.25, -0.2) is 8.42 Å². The predicted molar refractivity (Wildman–Crippen MR) is 75.7 cm³/mol. The zero-order valence-electron chi connectivity index (χ0n) is 11.8. The molecule has 5 nitrogen and oxygen atoms in total. The average molecular weight is 287 g/mol. The van der Waals surface area contributed by atoms with Gasteiger partial charge in [0.25, 0.3) is 0 Å². The van der Waals surface area contributed by atoms with Crippen molar-refractivity contribution in [3.63, 3.8) is 0 Å². The minimum atomic E-state index is -3.02. The van der Waals surface area contributed by atoms with Crippen LogP contribution in [0, 0.1) is 0 Å². The number of hydrogen-bond acceptors (Lipinski definition) is 5. The van der Waals surface area contributed by atoms with Gasteiger partial charge in [-0.3, -0.25) is 0 Å². The molecule has 0 amide bonds. The highest BCUT2D eigenvalue weighted by Crippen LogP contribution is 2.30. The van der Waals surface area contributed by atoms with Gasteiger partial charge in [-0.05, 0) is 31.7 Å². The lowest BCUT2D eigenvalue weighted by molar-refractivity contribution is 0.311. The Morgan fingerprint density at radius 1 is 1.32 bits per heavy atom. The molecule has 0 aliphatic heterocycles. The normalized spacial score (nSPS) is 13.1. The second kappa shape index (κ2) is 6.77. The molecular weight excluding hydrogens is 266 g/mol. The summed E-state index contributed by atoms with van der Waals surface area (Å²) in [6.07, 6.45) is 1.19. The molecule has 1 unspecified atom stereocenters. The van der Waals surface area contributed by atoms with Gasteiger partial charge in [0, 0.05) is 12.3 Å². The monoisotopic (exact) mass is 287 g/mol. The fourth-order valence-electron chi connectivity index (χ4n) is 1.54. The van der Waals surface area contributed by atoms with Crippen LogP contribution in [0.1, 0.15) is 18.5 Å². The van der Waals surface area contributed by atoms with Crippen molar-refractivity contribution in [1.82, 2.24) is 5.32 Å². The van der Waals surface area contributed by atoms with Crippen LogP contribution in [0.2, 0.25) is 0 Å². The summed E-state index contributed by atoms with van der Waals surface area (Å²) in [5.41, 5.74) is 1.08. The van der Waals surface area contributed by atoms with Gasteiger partial charge < -0.3 is 14.8 Å². The summed E-state index contributed by atoms with van der Waals surface area (Å²) in [7, 11) is 0.429. The minimum absolute atomic E-state index is 0.00910. The number of rotatable bonds is 7. The van der Waals surface area contributed by atoms with E-state index in [1.165, 1.54) is 6.26 Å². The Hall–Kier alpha value is -1.27. The van der Waals surface area contributed by atoms with E-state index >= 15 is 0 Å². The van der Waals surface area contributed by atoms with E-state index in [1.807, 2.05) is 26.1 Å². The van der Waals surface area contributed by atoms with Crippen molar-refractivity contribution >= 4 is 9.84 Å². The summed E-state index contributed by atoms with van der Waals surface area (Å²) in [4.78, 5) is 0. The molecule has 1 aromatic rings. The van der Waals surface area contributed by atoms with Gasteiger partial charge in [-0.1, -0.05) is 6.07 Å². The number of nitrogens with one attached hydrogen (secondary N) is 1. The van der Waals surface area contributed by atoms with Gasteiger partial charge >= 0.3 is 0 Å². The van der Waals surface area contributed by atoms with Crippen LogP contribution in [-0.2, 0) is 9.84 Å². The largest absolute Gasteiger partial charge is 0.493 e.